The van der Waals surface area contributed by atoms with Crippen molar-refractivity contribution in [2.24, 2.45) is 0 Å². The van der Waals surface area contributed by atoms with Gasteiger partial charge in [0.1, 0.15) is 23.8 Å². The van der Waals surface area contributed by atoms with Crippen molar-refractivity contribution in [2.75, 3.05) is 19.7 Å². The fourth-order valence-electron chi connectivity index (χ4n) is 2.68. The summed E-state index contributed by atoms with van der Waals surface area (Å²) < 4.78 is 18.7. The number of hydrogen-bond donors (Lipinski definition) is 1. The smallest absolute Gasteiger partial charge is 0.126 e. The molecule has 0 aliphatic carbocycles. The molecule has 6 heteroatoms. The lowest BCUT2D eigenvalue weighted by Gasteiger charge is -2.23. The van der Waals surface area contributed by atoms with Crippen LogP contribution in [0.1, 0.15) is 17.1 Å². The Bertz CT molecular complexity index is 649. The standard InChI is InChI=1S/C16H19FN2O2S/c1-12-18-14(9-22-12)8-19-6-5-16(20,10-19)11-21-15-4-2-3-13(17)7-15/h2-4,7,9,20H,5-6,8,10-11H2,1H3. The first-order chi connectivity index (χ1) is 10.5. The summed E-state index contributed by atoms with van der Waals surface area (Å²) in [6, 6.07) is 5.99. The van der Waals surface area contributed by atoms with Crippen molar-refractivity contribution in [1.82, 2.24) is 9.88 Å². The van der Waals surface area contributed by atoms with Crippen LogP contribution in [0.2, 0.25) is 0 Å². The van der Waals surface area contributed by atoms with Gasteiger partial charge in [-0.15, -0.1) is 11.3 Å². The summed E-state index contributed by atoms with van der Waals surface area (Å²) >= 11 is 1.64. The topological polar surface area (TPSA) is 45.6 Å². The minimum absolute atomic E-state index is 0.170. The third-order valence-corrected chi connectivity index (χ3v) is 4.59. The SMILES string of the molecule is Cc1nc(CN2CCC(O)(COc3cccc(F)c3)C2)cs1. The van der Waals surface area contributed by atoms with Gasteiger partial charge in [0.2, 0.25) is 0 Å². The van der Waals surface area contributed by atoms with Crippen LogP contribution in [0.25, 0.3) is 0 Å². The van der Waals surface area contributed by atoms with E-state index in [4.69, 9.17) is 4.74 Å². The number of thiazole rings is 1. The molecule has 1 unspecified atom stereocenters. The van der Waals surface area contributed by atoms with Gasteiger partial charge in [-0.1, -0.05) is 6.07 Å². The Kier molecular flexibility index (Phi) is 4.42. The second-order valence-corrected chi connectivity index (χ2v) is 6.85. The highest BCUT2D eigenvalue weighted by atomic mass is 32.1. The normalized spacial score (nSPS) is 22.1. The third kappa shape index (κ3) is 3.82. The van der Waals surface area contributed by atoms with E-state index in [1.54, 1.807) is 23.5 Å². The minimum Gasteiger partial charge on any atom is -0.490 e. The molecule has 1 N–H and O–H groups in total. The predicted octanol–water partition coefficient (Wildman–Crippen LogP) is 2.61. The summed E-state index contributed by atoms with van der Waals surface area (Å²) in [5, 5.41) is 13.7. The Morgan fingerprint density at radius 1 is 1.50 bits per heavy atom. The molecule has 0 bridgehead atoms. The van der Waals surface area contributed by atoms with Gasteiger partial charge in [0.05, 0.1) is 10.7 Å². The molecule has 0 amide bonds. The van der Waals surface area contributed by atoms with Crippen molar-refractivity contribution in [3.63, 3.8) is 0 Å². The second kappa shape index (κ2) is 6.32. The number of aryl methyl sites for hydroxylation is 1. The number of aliphatic hydroxyl groups is 1. The predicted molar refractivity (Wildman–Crippen MR) is 83.6 cm³/mol. The van der Waals surface area contributed by atoms with Gasteiger partial charge in [0.25, 0.3) is 0 Å². The molecule has 0 saturated carbocycles. The average molecular weight is 322 g/mol. The van der Waals surface area contributed by atoms with Gasteiger partial charge in [-0.05, 0) is 25.5 Å². The van der Waals surface area contributed by atoms with E-state index in [1.807, 2.05) is 6.92 Å². The summed E-state index contributed by atoms with van der Waals surface area (Å²) in [6.07, 6.45) is 0.644. The number of β-amino-alcohol motifs (C(OH)–C–C–N with tert-alkyl or cyclic N) is 1. The minimum atomic E-state index is -0.891. The lowest BCUT2D eigenvalue weighted by Crippen LogP contribution is -2.39. The van der Waals surface area contributed by atoms with Crippen molar-refractivity contribution in [3.05, 3.63) is 46.2 Å². The van der Waals surface area contributed by atoms with Gasteiger partial charge in [-0.2, -0.15) is 0 Å². The number of hydrogen-bond acceptors (Lipinski definition) is 5. The summed E-state index contributed by atoms with van der Waals surface area (Å²) in [7, 11) is 0. The molecule has 1 saturated heterocycles. The van der Waals surface area contributed by atoms with Gasteiger partial charge >= 0.3 is 0 Å². The van der Waals surface area contributed by atoms with E-state index in [9.17, 15) is 9.50 Å². The molecule has 1 aliphatic rings. The first kappa shape index (κ1) is 15.4. The maximum atomic E-state index is 13.1. The van der Waals surface area contributed by atoms with E-state index in [1.165, 1.54) is 12.1 Å². The zero-order chi connectivity index (χ0) is 15.6. The number of likely N-dealkylation sites (tertiary alicyclic amines) is 1. The summed E-state index contributed by atoms with van der Waals surface area (Å²) in [5.74, 6) is 0.110. The van der Waals surface area contributed by atoms with Gasteiger partial charge in [0, 0.05) is 31.1 Å². The number of ether oxygens (including phenoxy) is 1. The van der Waals surface area contributed by atoms with Crippen LogP contribution < -0.4 is 4.74 Å². The Labute approximate surface area is 133 Å². The molecule has 3 rings (SSSR count). The first-order valence-corrected chi connectivity index (χ1v) is 8.15. The van der Waals surface area contributed by atoms with Gasteiger partial charge in [-0.25, -0.2) is 9.37 Å². The lowest BCUT2D eigenvalue weighted by atomic mass is 10.1. The highest BCUT2D eigenvalue weighted by Crippen LogP contribution is 2.25. The highest BCUT2D eigenvalue weighted by Gasteiger charge is 2.37. The van der Waals surface area contributed by atoms with Crippen LogP contribution in [0.15, 0.2) is 29.6 Å². The molecule has 1 aromatic carbocycles. The van der Waals surface area contributed by atoms with Gasteiger partial charge in [0.15, 0.2) is 0 Å². The molecule has 0 spiro atoms. The van der Waals surface area contributed by atoms with Gasteiger partial charge < -0.3 is 9.84 Å². The van der Waals surface area contributed by atoms with E-state index in [2.05, 4.69) is 15.3 Å². The van der Waals surface area contributed by atoms with E-state index in [0.717, 1.165) is 23.8 Å². The molecule has 2 heterocycles. The van der Waals surface area contributed by atoms with Crippen LogP contribution in [0.4, 0.5) is 4.39 Å². The number of halogens is 1. The van der Waals surface area contributed by atoms with Crippen LogP contribution in [0.3, 0.4) is 0 Å². The van der Waals surface area contributed by atoms with Crippen molar-refractivity contribution >= 4 is 11.3 Å². The van der Waals surface area contributed by atoms with Crippen LogP contribution in [-0.4, -0.2) is 40.3 Å². The van der Waals surface area contributed by atoms with Crippen molar-refractivity contribution in [2.45, 2.75) is 25.5 Å². The van der Waals surface area contributed by atoms with Crippen LogP contribution in [0.5, 0.6) is 5.75 Å². The Morgan fingerprint density at radius 2 is 2.36 bits per heavy atom. The van der Waals surface area contributed by atoms with Crippen molar-refractivity contribution in [3.8, 4) is 5.75 Å². The molecule has 22 heavy (non-hydrogen) atoms. The zero-order valence-corrected chi connectivity index (χ0v) is 13.3. The summed E-state index contributed by atoms with van der Waals surface area (Å²) in [6.45, 7) is 4.25. The molecule has 1 fully saturated rings. The maximum absolute atomic E-state index is 13.1. The highest BCUT2D eigenvalue weighted by molar-refractivity contribution is 7.09. The average Bonchev–Trinajstić information content (AvgIpc) is 3.04. The molecule has 1 aromatic heterocycles. The monoisotopic (exact) mass is 322 g/mol. The molecular weight excluding hydrogens is 303 g/mol. The first-order valence-electron chi connectivity index (χ1n) is 7.27. The van der Waals surface area contributed by atoms with E-state index >= 15 is 0 Å². The van der Waals surface area contributed by atoms with Crippen LogP contribution in [-0.2, 0) is 6.54 Å². The van der Waals surface area contributed by atoms with E-state index in [-0.39, 0.29) is 12.4 Å². The van der Waals surface area contributed by atoms with Crippen molar-refractivity contribution < 1.29 is 14.2 Å². The van der Waals surface area contributed by atoms with Crippen molar-refractivity contribution in [1.29, 1.82) is 0 Å². The molecule has 118 valence electrons. The number of benzene rings is 1. The van der Waals surface area contributed by atoms with Crippen LogP contribution in [0, 0.1) is 12.7 Å². The number of aromatic nitrogens is 1. The third-order valence-electron chi connectivity index (χ3n) is 3.77. The molecule has 0 radical (unpaired) electrons. The molecule has 1 atom stereocenters. The Morgan fingerprint density at radius 3 is 3.09 bits per heavy atom. The van der Waals surface area contributed by atoms with Crippen LogP contribution >= 0.6 is 11.3 Å². The Balaban J connectivity index is 1.54. The van der Waals surface area contributed by atoms with E-state index < -0.39 is 5.60 Å². The number of rotatable bonds is 5. The summed E-state index contributed by atoms with van der Waals surface area (Å²) in [4.78, 5) is 6.62. The maximum Gasteiger partial charge on any atom is 0.126 e. The molecule has 4 nitrogen and oxygen atoms in total. The summed E-state index contributed by atoms with van der Waals surface area (Å²) in [5.41, 5.74) is 0.148. The lowest BCUT2D eigenvalue weighted by molar-refractivity contribution is 0.00322. The zero-order valence-electron chi connectivity index (χ0n) is 12.5. The quantitative estimate of drug-likeness (QED) is 0.919. The fourth-order valence-corrected chi connectivity index (χ4v) is 3.28. The Hall–Kier alpha value is -1.50. The molecule has 1 aliphatic heterocycles. The largest absolute Gasteiger partial charge is 0.490 e. The molecule has 2 aromatic rings. The molecular formula is C16H19FN2O2S. The fraction of sp³-hybridized carbons (Fsp3) is 0.438. The van der Waals surface area contributed by atoms with E-state index in [0.29, 0.717) is 18.7 Å². The van der Waals surface area contributed by atoms with Gasteiger partial charge in [-0.3, -0.25) is 4.90 Å². The second-order valence-electron chi connectivity index (χ2n) is 5.79. The number of nitrogens with zero attached hydrogens (tertiary/aromatic N) is 2.